The van der Waals surface area contributed by atoms with Crippen LogP contribution in [0.2, 0.25) is 0 Å². The molecule has 0 saturated carbocycles. The molecule has 0 bridgehead atoms. The number of aromatic nitrogens is 18. The number of rotatable bonds is 63. The van der Waals surface area contributed by atoms with Crippen molar-refractivity contribution in [3.05, 3.63) is 71.3 Å². The van der Waals surface area contributed by atoms with Crippen LogP contribution in [0.4, 0.5) is 0 Å². The Labute approximate surface area is 722 Å². The second-order valence-electron chi connectivity index (χ2n) is 40.0. The average Bonchev–Trinajstić information content (AvgIpc) is 1.79. The fourth-order valence-electron chi connectivity index (χ4n) is 14.2. The summed E-state index contributed by atoms with van der Waals surface area (Å²) in [5, 5.41) is 50.3. The molecule has 18 nitrogen and oxygen atoms in total. The van der Waals surface area contributed by atoms with E-state index in [4.69, 9.17) is 0 Å². The summed E-state index contributed by atoms with van der Waals surface area (Å²) in [6.45, 7) is 61.1. The summed E-state index contributed by atoms with van der Waals surface area (Å²) in [5.74, 6) is 9.77. The Morgan fingerprint density at radius 3 is 0.658 bits per heavy atom. The SMILES string of the molecule is CC(C)CCCCCCn1cc(CCC(C)C)nn1.CC(C)CCCCCc1cnnn1CCCCC(C)C.CC(C)CCCCCc1cnnn1CCCCC(C)C.CC(C)CCCCCn1cc(CCCC(C)C)nn1.CC(C)CCCCCn1cc(CCCC(C)C)nn1.CC(C)CCCCCn1nncc1CCCCC(C)C. The summed E-state index contributed by atoms with van der Waals surface area (Å²) in [7, 11) is 0. The molecule has 0 N–H and O–H groups in total. The maximum Gasteiger partial charge on any atom is 0.0827 e. The van der Waals surface area contributed by atoms with Gasteiger partial charge in [0.25, 0.3) is 0 Å². The molecule has 6 heterocycles. The molecule has 0 amide bonds. The predicted molar refractivity (Wildman–Crippen MR) is 500 cm³/mol. The molecule has 0 fully saturated rings. The molecule has 0 aliphatic carbocycles. The second-order valence-corrected chi connectivity index (χ2v) is 40.0. The Morgan fingerprint density at radius 2 is 0.385 bits per heavy atom. The van der Waals surface area contributed by atoms with E-state index >= 15 is 0 Å². The molecule has 0 aliphatic heterocycles. The van der Waals surface area contributed by atoms with Gasteiger partial charge in [-0.1, -0.05) is 371 Å². The van der Waals surface area contributed by atoms with Crippen LogP contribution >= 0.6 is 0 Å². The van der Waals surface area contributed by atoms with E-state index in [9.17, 15) is 0 Å². The van der Waals surface area contributed by atoms with Crippen LogP contribution in [0.15, 0.2) is 37.2 Å². The lowest BCUT2D eigenvalue weighted by Gasteiger charge is -2.08. The highest BCUT2D eigenvalue weighted by molar-refractivity contribution is 4.97. The Morgan fingerprint density at radius 1 is 0.188 bits per heavy atom. The van der Waals surface area contributed by atoms with Crippen LogP contribution in [-0.2, 0) is 77.8 Å². The highest BCUT2D eigenvalue weighted by Gasteiger charge is 2.12. The van der Waals surface area contributed by atoms with Gasteiger partial charge in [-0.25, -0.2) is 14.0 Å². The van der Waals surface area contributed by atoms with Crippen molar-refractivity contribution in [3.63, 3.8) is 0 Å². The number of hydrogen-bond donors (Lipinski definition) is 0. The monoisotopic (exact) mass is 1630 g/mol. The van der Waals surface area contributed by atoms with Crippen LogP contribution in [0.1, 0.15) is 451 Å². The van der Waals surface area contributed by atoms with E-state index in [1.54, 1.807) is 0 Å². The molecule has 6 aromatic heterocycles. The zero-order valence-corrected chi connectivity index (χ0v) is 81.5. The van der Waals surface area contributed by atoms with E-state index in [1.165, 1.54) is 267 Å². The first kappa shape index (κ1) is 110. The number of unbranched alkanes of at least 4 members (excludes halogenated alkanes) is 16. The summed E-state index contributed by atoms with van der Waals surface area (Å²) in [6.07, 6.45) is 69.5. The molecular weight excluding hydrogens is 1440 g/mol. The predicted octanol–water partition coefficient (Wildman–Crippen LogP) is 28.0. The minimum absolute atomic E-state index is 0.742. The Hall–Kier alpha value is -5.16. The van der Waals surface area contributed by atoms with Gasteiger partial charge >= 0.3 is 0 Å². The molecule has 0 unspecified atom stereocenters. The molecule has 0 aliphatic rings. The third kappa shape index (κ3) is 68.1. The van der Waals surface area contributed by atoms with E-state index in [0.717, 1.165) is 166 Å². The standard InChI is InChI=1S/3C17H33N3.3C16H31N3/c1-15(2)10-6-5-9-13-20-17(14-18-19-20)12-8-7-11-16(3)4;2*1-15(2)10-6-5-7-12-17-14-18-19-20(17)13-9-8-11-16(3)4;2*1-14(2)9-6-5-7-12-19-13-16(17-18-19)11-8-10-15(3)4;1-14(2)9-7-5-6-8-12-19-13-16(17-18-19)11-10-15(3)4/h3*14-16H,5-13H2,1-4H3;3*13-15H,5-12H2,1-4H3. The van der Waals surface area contributed by atoms with Crippen molar-refractivity contribution in [1.29, 1.82) is 0 Å². The highest BCUT2D eigenvalue weighted by Crippen LogP contribution is 2.20. The van der Waals surface area contributed by atoms with Crippen LogP contribution < -0.4 is 0 Å². The molecule has 6 rings (SSSR count). The van der Waals surface area contributed by atoms with Crippen molar-refractivity contribution < 1.29 is 0 Å². The van der Waals surface area contributed by atoms with Gasteiger partial charge in [0.15, 0.2) is 0 Å². The third-order valence-corrected chi connectivity index (χ3v) is 21.9. The average molecular weight is 1630 g/mol. The highest BCUT2D eigenvalue weighted by atomic mass is 15.4. The molecule has 117 heavy (non-hydrogen) atoms. The summed E-state index contributed by atoms with van der Waals surface area (Å²) in [5.41, 5.74) is 7.41. The van der Waals surface area contributed by atoms with Crippen molar-refractivity contribution in [2.24, 2.45) is 71.0 Å². The normalized spacial score (nSPS) is 11.7. The largest absolute Gasteiger partial charge is 0.252 e. The third-order valence-electron chi connectivity index (χ3n) is 21.9. The maximum atomic E-state index is 4.25. The van der Waals surface area contributed by atoms with Crippen LogP contribution in [-0.4, -0.2) is 90.0 Å². The lowest BCUT2D eigenvalue weighted by molar-refractivity contribution is 0.472. The zero-order valence-electron chi connectivity index (χ0n) is 81.5. The van der Waals surface area contributed by atoms with Gasteiger partial charge in [-0.15, -0.1) is 30.6 Å². The maximum absolute atomic E-state index is 4.25. The molecule has 6 aromatic rings. The van der Waals surface area contributed by atoms with Gasteiger partial charge in [0.05, 0.1) is 52.8 Å². The van der Waals surface area contributed by atoms with Crippen molar-refractivity contribution in [2.75, 3.05) is 0 Å². The minimum atomic E-state index is 0.742. The molecule has 0 aromatic carbocycles. The first-order valence-electron chi connectivity index (χ1n) is 49.3. The van der Waals surface area contributed by atoms with E-state index in [1.807, 2.05) is 32.6 Å². The second kappa shape index (κ2) is 72.5. The molecule has 0 radical (unpaired) electrons. The lowest BCUT2D eigenvalue weighted by atomic mass is 10.0. The van der Waals surface area contributed by atoms with Gasteiger partial charge in [0, 0.05) is 57.9 Å². The van der Waals surface area contributed by atoms with Crippen LogP contribution in [0, 0.1) is 71.0 Å². The van der Waals surface area contributed by atoms with Gasteiger partial charge < -0.3 is 0 Å². The first-order chi connectivity index (χ1) is 56.0. The van der Waals surface area contributed by atoms with E-state index in [2.05, 4.69) is 261 Å². The van der Waals surface area contributed by atoms with Crippen molar-refractivity contribution >= 4 is 0 Å². The Bertz CT molecular complexity index is 2830. The number of nitrogens with zero attached hydrogens (tertiary/aromatic N) is 18. The van der Waals surface area contributed by atoms with E-state index < -0.39 is 0 Å². The lowest BCUT2D eigenvalue weighted by Crippen LogP contribution is -2.06. The molecule has 0 atom stereocenters. The van der Waals surface area contributed by atoms with Crippen molar-refractivity contribution in [3.8, 4) is 0 Å². The molecule has 678 valence electrons. The summed E-state index contributed by atoms with van der Waals surface area (Å²) >= 11 is 0. The Kier molecular flexibility index (Phi) is 68.0. The molecule has 0 saturated heterocycles. The summed E-state index contributed by atoms with van der Waals surface area (Å²) in [4.78, 5) is 0. The van der Waals surface area contributed by atoms with Gasteiger partial charge in [-0.2, -0.15) is 0 Å². The van der Waals surface area contributed by atoms with Crippen LogP contribution in [0.25, 0.3) is 0 Å². The Balaban J connectivity index is 0.000000702. The zero-order chi connectivity index (χ0) is 86.6. The van der Waals surface area contributed by atoms with Crippen LogP contribution in [0.3, 0.4) is 0 Å². The van der Waals surface area contributed by atoms with Crippen molar-refractivity contribution in [1.82, 2.24) is 90.0 Å². The first-order valence-corrected chi connectivity index (χ1v) is 49.3. The van der Waals surface area contributed by atoms with Crippen molar-refractivity contribution in [2.45, 2.75) is 494 Å². The minimum Gasteiger partial charge on any atom is -0.252 e. The summed E-state index contributed by atoms with van der Waals surface area (Å²) in [6, 6.07) is 0. The fourth-order valence-corrected chi connectivity index (χ4v) is 14.2. The van der Waals surface area contributed by atoms with Gasteiger partial charge in [0.2, 0.25) is 0 Å². The van der Waals surface area contributed by atoms with Gasteiger partial charge in [-0.05, 0) is 187 Å². The van der Waals surface area contributed by atoms with Gasteiger partial charge in [-0.3, -0.25) is 14.0 Å². The summed E-state index contributed by atoms with van der Waals surface area (Å²) < 4.78 is 12.4. The number of aryl methyl sites for hydroxylation is 12. The number of hydrogen-bond acceptors (Lipinski definition) is 12. The topological polar surface area (TPSA) is 184 Å². The van der Waals surface area contributed by atoms with Crippen LogP contribution in [0.5, 0.6) is 0 Å². The van der Waals surface area contributed by atoms with E-state index in [0.29, 0.717) is 0 Å². The van der Waals surface area contributed by atoms with E-state index in [-0.39, 0.29) is 0 Å². The van der Waals surface area contributed by atoms with Gasteiger partial charge in [0.1, 0.15) is 0 Å². The quantitative estimate of drug-likeness (QED) is 0.0330. The smallest absolute Gasteiger partial charge is 0.0827 e. The fraction of sp³-hybridized carbons (Fsp3) is 0.879. The molecular formula is C99H192N18. The molecule has 18 heteroatoms. The molecule has 0 spiro atoms.